The molecule has 0 aliphatic rings. The summed E-state index contributed by atoms with van der Waals surface area (Å²) in [7, 11) is 0.756. The molecule has 0 atom stereocenters. The molecule has 0 spiro atoms. The Balaban J connectivity index is 2.77. The van der Waals surface area contributed by atoms with E-state index >= 15 is 0 Å². The lowest BCUT2D eigenvalue weighted by atomic mass is 10.3. The molecule has 3 nitrogen and oxygen atoms in total. The van der Waals surface area contributed by atoms with Gasteiger partial charge >= 0.3 is 9.28 Å². The van der Waals surface area contributed by atoms with Gasteiger partial charge in [-0.1, -0.05) is 39.0 Å². The van der Waals surface area contributed by atoms with Crippen molar-refractivity contribution in [1.82, 2.24) is 0 Å². The number of hydrogen-bond acceptors (Lipinski definition) is 3. The predicted octanol–water partition coefficient (Wildman–Crippen LogP) is 4.79. The zero-order chi connectivity index (χ0) is 17.1. The van der Waals surface area contributed by atoms with Crippen molar-refractivity contribution in [1.29, 1.82) is 0 Å². The molecule has 0 aliphatic heterocycles. The molecule has 0 aromatic heterocycles. The molecule has 132 valence electrons. The highest BCUT2D eigenvalue weighted by Crippen LogP contribution is 2.30. The second-order valence-electron chi connectivity index (χ2n) is 6.17. The number of anilines is 1. The van der Waals surface area contributed by atoms with Gasteiger partial charge in [0.2, 0.25) is 0 Å². The summed E-state index contributed by atoms with van der Waals surface area (Å²) in [5.74, 6) is 0. The summed E-state index contributed by atoms with van der Waals surface area (Å²) in [6.07, 6.45) is 2.42. The van der Waals surface area contributed by atoms with E-state index in [-0.39, 0.29) is 0 Å². The molecule has 0 radical (unpaired) electrons. The van der Waals surface area contributed by atoms with Gasteiger partial charge in [0.15, 0.2) is 8.24 Å². The van der Waals surface area contributed by atoms with Gasteiger partial charge in [0, 0.05) is 26.5 Å². The molecule has 23 heavy (non-hydrogen) atoms. The van der Waals surface area contributed by atoms with Crippen LogP contribution in [0.5, 0.6) is 0 Å². The fourth-order valence-corrected chi connectivity index (χ4v) is 8.74. The van der Waals surface area contributed by atoms with Gasteiger partial charge in [-0.25, -0.2) is 0 Å². The van der Waals surface area contributed by atoms with Crippen molar-refractivity contribution in [3.8, 4) is 0 Å². The fourth-order valence-electron chi connectivity index (χ4n) is 3.48. The van der Waals surface area contributed by atoms with Gasteiger partial charge in [0.25, 0.3) is 0 Å². The molecule has 0 amide bonds. The molecule has 1 rings (SSSR count). The van der Waals surface area contributed by atoms with Crippen LogP contribution in [-0.4, -0.2) is 38.3 Å². The maximum Gasteiger partial charge on any atom is 0.320 e. The van der Waals surface area contributed by atoms with Crippen molar-refractivity contribution < 1.29 is 8.85 Å². The summed E-state index contributed by atoms with van der Waals surface area (Å²) in [4.78, 5) is 0. The maximum absolute atomic E-state index is 5.43. The highest BCUT2D eigenvalue weighted by molar-refractivity contribution is 6.83. The van der Waals surface area contributed by atoms with Crippen molar-refractivity contribution in [2.75, 3.05) is 25.3 Å². The van der Waals surface area contributed by atoms with Crippen molar-refractivity contribution in [3.63, 3.8) is 0 Å². The summed E-state index contributed by atoms with van der Waals surface area (Å²) in [6, 6.07) is 16.1. The van der Waals surface area contributed by atoms with Gasteiger partial charge < -0.3 is 13.4 Å². The third-order valence-electron chi connectivity index (χ3n) is 5.21. The normalized spacial score (nSPS) is 11.9. The second kappa shape index (κ2) is 11.0. The molecule has 0 N–H and O–H groups in total. The molecule has 1 aromatic rings. The Bertz CT molecular complexity index is 400. The van der Waals surface area contributed by atoms with Crippen LogP contribution in [0, 0.1) is 0 Å². The number of para-hydroxylation sites is 1. The van der Waals surface area contributed by atoms with Gasteiger partial charge in [-0.05, 0) is 49.2 Å². The first-order chi connectivity index (χ1) is 11.2. The highest BCUT2D eigenvalue weighted by atomic mass is 28.3. The van der Waals surface area contributed by atoms with E-state index in [0.717, 1.165) is 6.04 Å². The van der Waals surface area contributed by atoms with Crippen LogP contribution in [0.15, 0.2) is 30.3 Å². The van der Waals surface area contributed by atoms with E-state index in [0.29, 0.717) is 0 Å². The summed E-state index contributed by atoms with van der Waals surface area (Å²) in [5.41, 5.74) is 1.41. The van der Waals surface area contributed by atoms with Crippen LogP contribution in [0.3, 0.4) is 0 Å². The first kappa shape index (κ1) is 20.4. The third-order valence-corrected chi connectivity index (χ3v) is 12.7. The number of unbranched alkanes of at least 4 members (excludes halogenated alkanes) is 1. The minimum atomic E-state index is -1.40. The van der Waals surface area contributed by atoms with E-state index in [2.05, 4.69) is 55.7 Å². The van der Waals surface area contributed by atoms with E-state index in [9.17, 15) is 0 Å². The Hall–Kier alpha value is -0.626. The average Bonchev–Trinajstić information content (AvgIpc) is 2.62. The molecule has 0 aliphatic carbocycles. The standard InChI is InChI=1S/C18H35NO2Si2/c1-6-23(7-2,8-3)19(18-14-10-9-11-15-18)16-12-13-17-22(20-4)21-5/h9-11,14-15,22H,6-8,12-13,16-17H2,1-5H3. The summed E-state index contributed by atoms with van der Waals surface area (Å²) >= 11 is 0. The van der Waals surface area contributed by atoms with Crippen LogP contribution in [-0.2, 0) is 8.85 Å². The van der Waals surface area contributed by atoms with Crippen molar-refractivity contribution in [3.05, 3.63) is 30.3 Å². The predicted molar refractivity (Wildman–Crippen MR) is 106 cm³/mol. The van der Waals surface area contributed by atoms with Crippen molar-refractivity contribution in [2.24, 2.45) is 0 Å². The monoisotopic (exact) mass is 353 g/mol. The van der Waals surface area contributed by atoms with Crippen LogP contribution in [0.1, 0.15) is 33.6 Å². The topological polar surface area (TPSA) is 21.7 Å². The first-order valence-corrected chi connectivity index (χ1v) is 13.4. The molecule has 0 saturated heterocycles. The molecular weight excluding hydrogens is 318 g/mol. The summed E-state index contributed by atoms with van der Waals surface area (Å²) < 4.78 is 13.6. The van der Waals surface area contributed by atoms with Crippen molar-refractivity contribution >= 4 is 23.2 Å². The Morgan fingerprint density at radius 1 is 0.913 bits per heavy atom. The Morgan fingerprint density at radius 3 is 1.96 bits per heavy atom. The van der Waals surface area contributed by atoms with Gasteiger partial charge in [-0.15, -0.1) is 0 Å². The van der Waals surface area contributed by atoms with Crippen LogP contribution >= 0.6 is 0 Å². The number of benzene rings is 1. The molecule has 5 heteroatoms. The van der Waals surface area contributed by atoms with E-state index in [4.69, 9.17) is 8.85 Å². The Labute approximate surface area is 145 Å². The smallest absolute Gasteiger partial charge is 0.320 e. The Morgan fingerprint density at radius 2 is 1.48 bits per heavy atom. The van der Waals surface area contributed by atoms with Crippen LogP contribution in [0.4, 0.5) is 5.69 Å². The average molecular weight is 354 g/mol. The minimum absolute atomic E-state index is 1.11. The Kier molecular flexibility index (Phi) is 9.78. The zero-order valence-electron chi connectivity index (χ0n) is 15.7. The lowest BCUT2D eigenvalue weighted by Crippen LogP contribution is -2.53. The largest absolute Gasteiger partial charge is 0.400 e. The zero-order valence-corrected chi connectivity index (χ0v) is 17.8. The molecule has 0 heterocycles. The third kappa shape index (κ3) is 5.74. The van der Waals surface area contributed by atoms with Crippen LogP contribution in [0.25, 0.3) is 0 Å². The molecular formula is C18H35NO2Si2. The van der Waals surface area contributed by atoms with Gasteiger partial charge in [-0.3, -0.25) is 0 Å². The van der Waals surface area contributed by atoms with Crippen LogP contribution < -0.4 is 4.57 Å². The maximum atomic E-state index is 5.43. The number of hydrogen-bond donors (Lipinski definition) is 0. The van der Waals surface area contributed by atoms with Gasteiger partial charge in [0.1, 0.15) is 0 Å². The van der Waals surface area contributed by atoms with Gasteiger partial charge in [-0.2, -0.15) is 0 Å². The number of nitrogens with zero attached hydrogens (tertiary/aromatic N) is 1. The fraction of sp³-hybridized carbons (Fsp3) is 0.667. The molecule has 0 fully saturated rings. The van der Waals surface area contributed by atoms with Crippen molar-refractivity contribution in [2.45, 2.75) is 57.8 Å². The summed E-state index contributed by atoms with van der Waals surface area (Å²) in [5, 5.41) is 0. The lowest BCUT2D eigenvalue weighted by molar-refractivity contribution is 0.276. The quantitative estimate of drug-likeness (QED) is 0.398. The lowest BCUT2D eigenvalue weighted by Gasteiger charge is -2.43. The van der Waals surface area contributed by atoms with Crippen LogP contribution in [0.2, 0.25) is 24.2 Å². The first-order valence-electron chi connectivity index (χ1n) is 9.05. The SMILES string of the molecule is CC[Si](CC)(CC)N(CCCC[SiH](OC)OC)c1ccccc1. The summed E-state index contributed by atoms with van der Waals surface area (Å²) in [6.45, 7) is 8.32. The van der Waals surface area contributed by atoms with Gasteiger partial charge in [0.05, 0.1) is 0 Å². The van der Waals surface area contributed by atoms with E-state index in [1.807, 2.05) is 0 Å². The van der Waals surface area contributed by atoms with E-state index in [1.165, 1.54) is 43.2 Å². The molecule has 0 bridgehead atoms. The molecule has 0 unspecified atom stereocenters. The van der Waals surface area contributed by atoms with E-state index < -0.39 is 17.5 Å². The minimum Gasteiger partial charge on any atom is -0.400 e. The second-order valence-corrected chi connectivity index (χ2v) is 13.7. The molecule has 1 aromatic carbocycles. The molecule has 0 saturated carbocycles. The number of rotatable bonds is 12. The highest BCUT2D eigenvalue weighted by Gasteiger charge is 2.34. The van der Waals surface area contributed by atoms with E-state index in [1.54, 1.807) is 14.2 Å².